The van der Waals surface area contributed by atoms with E-state index in [1.807, 2.05) is 19.9 Å². The predicted octanol–water partition coefficient (Wildman–Crippen LogP) is 3.05. The van der Waals surface area contributed by atoms with Crippen molar-refractivity contribution in [1.29, 1.82) is 0 Å². The van der Waals surface area contributed by atoms with Gasteiger partial charge in [0.2, 0.25) is 0 Å². The van der Waals surface area contributed by atoms with Crippen LogP contribution in [0.15, 0.2) is 47.4 Å². The van der Waals surface area contributed by atoms with Gasteiger partial charge < -0.3 is 9.47 Å². The van der Waals surface area contributed by atoms with E-state index >= 15 is 0 Å². The molecule has 0 spiro atoms. The van der Waals surface area contributed by atoms with E-state index in [-0.39, 0.29) is 23.9 Å². The lowest BCUT2D eigenvalue weighted by molar-refractivity contribution is -0.141. The van der Waals surface area contributed by atoms with Crippen LogP contribution in [-0.2, 0) is 19.6 Å². The fourth-order valence-corrected chi connectivity index (χ4v) is 3.36. The van der Waals surface area contributed by atoms with E-state index in [1.54, 1.807) is 24.3 Å². The lowest BCUT2D eigenvalue weighted by Crippen LogP contribution is -2.13. The highest BCUT2D eigenvalue weighted by atomic mass is 32.2. The molecule has 0 amide bonds. The molecule has 7 heteroatoms. The van der Waals surface area contributed by atoms with Crippen LogP contribution in [0.2, 0.25) is 0 Å². The molecule has 0 atom stereocenters. The number of sulfonamides is 1. The van der Waals surface area contributed by atoms with Crippen LogP contribution in [0.3, 0.4) is 0 Å². The van der Waals surface area contributed by atoms with Crippen LogP contribution < -0.4 is 9.46 Å². The fraction of sp³-hybridized carbons (Fsp3) is 0.278. The maximum Gasteiger partial charge on any atom is 0.308 e. The van der Waals surface area contributed by atoms with Gasteiger partial charge in [-0.05, 0) is 61.4 Å². The van der Waals surface area contributed by atoms with E-state index in [1.165, 1.54) is 19.2 Å². The summed E-state index contributed by atoms with van der Waals surface area (Å²) in [5, 5.41) is 0. The van der Waals surface area contributed by atoms with Crippen LogP contribution in [0.1, 0.15) is 17.5 Å². The van der Waals surface area contributed by atoms with Crippen molar-refractivity contribution in [1.82, 2.24) is 0 Å². The Morgan fingerprint density at radius 1 is 1.04 bits per heavy atom. The molecule has 0 saturated carbocycles. The molecule has 0 radical (unpaired) electrons. The minimum absolute atomic E-state index is 0.130. The van der Waals surface area contributed by atoms with E-state index in [2.05, 4.69) is 9.46 Å². The number of aryl methyl sites for hydroxylation is 2. The summed E-state index contributed by atoms with van der Waals surface area (Å²) in [6, 6.07) is 11.5. The zero-order chi connectivity index (χ0) is 18.4. The minimum Gasteiger partial charge on any atom is -0.493 e. The molecule has 0 unspecified atom stereocenters. The largest absolute Gasteiger partial charge is 0.493 e. The fourth-order valence-electron chi connectivity index (χ4n) is 2.32. The number of hydrogen-bond acceptors (Lipinski definition) is 5. The van der Waals surface area contributed by atoms with Crippen molar-refractivity contribution >= 4 is 21.7 Å². The third-order valence-corrected chi connectivity index (χ3v) is 4.81. The SMILES string of the molecule is COC(=O)CCOc1ccc(S(=O)(=O)Nc2cc(C)cc(C)c2)cc1. The summed E-state index contributed by atoms with van der Waals surface area (Å²) in [6.45, 7) is 3.98. The summed E-state index contributed by atoms with van der Waals surface area (Å²) in [5.41, 5.74) is 2.48. The number of benzene rings is 2. The van der Waals surface area contributed by atoms with Crippen molar-refractivity contribution in [2.24, 2.45) is 0 Å². The van der Waals surface area contributed by atoms with Crippen LogP contribution in [0.4, 0.5) is 5.69 Å². The van der Waals surface area contributed by atoms with Gasteiger partial charge in [0.05, 0.1) is 25.0 Å². The molecule has 25 heavy (non-hydrogen) atoms. The van der Waals surface area contributed by atoms with Gasteiger partial charge in [-0.2, -0.15) is 0 Å². The molecule has 0 aliphatic heterocycles. The van der Waals surface area contributed by atoms with Crippen LogP contribution in [-0.4, -0.2) is 28.1 Å². The average molecular weight is 363 g/mol. The first-order chi connectivity index (χ1) is 11.8. The molecule has 0 aromatic heterocycles. The number of anilines is 1. The Labute approximate surface area is 147 Å². The van der Waals surface area contributed by atoms with Gasteiger partial charge in [-0.3, -0.25) is 9.52 Å². The van der Waals surface area contributed by atoms with Crippen LogP contribution in [0.5, 0.6) is 5.75 Å². The second-order valence-corrected chi connectivity index (χ2v) is 7.31. The van der Waals surface area contributed by atoms with Gasteiger partial charge in [0.25, 0.3) is 10.0 Å². The number of esters is 1. The Bertz CT molecular complexity index is 824. The standard InChI is InChI=1S/C18H21NO5S/c1-13-10-14(2)12-15(11-13)19-25(21,22)17-6-4-16(5-7-17)24-9-8-18(20)23-3/h4-7,10-12,19H,8-9H2,1-3H3. The summed E-state index contributed by atoms with van der Waals surface area (Å²) < 4.78 is 37.4. The molecule has 1 N–H and O–H groups in total. The zero-order valence-electron chi connectivity index (χ0n) is 14.4. The average Bonchev–Trinajstić information content (AvgIpc) is 2.53. The number of nitrogens with one attached hydrogen (secondary N) is 1. The van der Waals surface area contributed by atoms with E-state index in [0.717, 1.165) is 11.1 Å². The first-order valence-corrected chi connectivity index (χ1v) is 9.19. The number of carbonyl (C=O) groups is 1. The summed E-state index contributed by atoms with van der Waals surface area (Å²) >= 11 is 0. The lowest BCUT2D eigenvalue weighted by atomic mass is 10.1. The Kier molecular flexibility index (Phi) is 6.03. The summed E-state index contributed by atoms with van der Waals surface area (Å²) in [7, 11) is -2.37. The van der Waals surface area contributed by atoms with Crippen molar-refractivity contribution in [3.63, 3.8) is 0 Å². The highest BCUT2D eigenvalue weighted by Crippen LogP contribution is 2.21. The van der Waals surface area contributed by atoms with Crippen molar-refractivity contribution in [3.8, 4) is 5.75 Å². The number of hydrogen-bond donors (Lipinski definition) is 1. The van der Waals surface area contributed by atoms with Crippen molar-refractivity contribution in [2.75, 3.05) is 18.4 Å². The van der Waals surface area contributed by atoms with Gasteiger partial charge in [-0.25, -0.2) is 8.42 Å². The maximum atomic E-state index is 12.5. The van der Waals surface area contributed by atoms with Crippen molar-refractivity contribution in [2.45, 2.75) is 25.2 Å². The quantitative estimate of drug-likeness (QED) is 0.765. The predicted molar refractivity (Wildman–Crippen MR) is 95.3 cm³/mol. The second kappa shape index (κ2) is 8.02. The molecule has 0 aliphatic rings. The van der Waals surface area contributed by atoms with Crippen LogP contribution >= 0.6 is 0 Å². The Morgan fingerprint density at radius 3 is 2.20 bits per heavy atom. The van der Waals surface area contributed by atoms with E-state index in [9.17, 15) is 13.2 Å². The van der Waals surface area contributed by atoms with Crippen LogP contribution in [0, 0.1) is 13.8 Å². The molecule has 0 saturated heterocycles. The van der Waals surface area contributed by atoms with Gasteiger partial charge in [0, 0.05) is 5.69 Å². The van der Waals surface area contributed by atoms with Gasteiger partial charge >= 0.3 is 5.97 Å². The molecule has 0 aliphatic carbocycles. The molecule has 2 aromatic rings. The number of ether oxygens (including phenoxy) is 2. The first-order valence-electron chi connectivity index (χ1n) is 7.71. The van der Waals surface area contributed by atoms with Crippen molar-refractivity contribution in [3.05, 3.63) is 53.6 Å². The Morgan fingerprint density at radius 2 is 1.64 bits per heavy atom. The molecule has 134 valence electrons. The summed E-state index contributed by atoms with van der Waals surface area (Å²) in [5.74, 6) is 0.117. The van der Waals surface area contributed by atoms with Crippen LogP contribution in [0.25, 0.3) is 0 Å². The highest BCUT2D eigenvalue weighted by molar-refractivity contribution is 7.92. The lowest BCUT2D eigenvalue weighted by Gasteiger charge is -2.11. The highest BCUT2D eigenvalue weighted by Gasteiger charge is 2.14. The molecule has 0 bridgehead atoms. The molecule has 6 nitrogen and oxygen atoms in total. The summed E-state index contributed by atoms with van der Waals surface area (Å²) in [6.07, 6.45) is 0.130. The number of methoxy groups -OCH3 is 1. The van der Waals surface area contributed by atoms with Crippen molar-refractivity contribution < 1.29 is 22.7 Å². The third kappa shape index (κ3) is 5.49. The third-order valence-electron chi connectivity index (χ3n) is 3.41. The Balaban J connectivity index is 2.05. The van der Waals surface area contributed by atoms with Gasteiger partial charge in [0.1, 0.15) is 5.75 Å². The molecule has 2 rings (SSSR count). The molecular formula is C18H21NO5S. The number of carbonyl (C=O) groups excluding carboxylic acids is 1. The van der Waals surface area contributed by atoms with E-state index in [0.29, 0.717) is 11.4 Å². The molecular weight excluding hydrogens is 342 g/mol. The topological polar surface area (TPSA) is 81.7 Å². The smallest absolute Gasteiger partial charge is 0.308 e. The second-order valence-electron chi connectivity index (χ2n) is 5.63. The monoisotopic (exact) mass is 363 g/mol. The normalized spacial score (nSPS) is 11.0. The summed E-state index contributed by atoms with van der Waals surface area (Å²) in [4.78, 5) is 11.2. The molecule has 0 fully saturated rings. The molecule has 2 aromatic carbocycles. The Hall–Kier alpha value is -2.54. The minimum atomic E-state index is -3.68. The maximum absolute atomic E-state index is 12.5. The molecule has 0 heterocycles. The number of rotatable bonds is 7. The van der Waals surface area contributed by atoms with E-state index in [4.69, 9.17) is 4.74 Å². The first kappa shape index (κ1) is 18.8. The van der Waals surface area contributed by atoms with Gasteiger partial charge in [-0.15, -0.1) is 0 Å². The van der Waals surface area contributed by atoms with Gasteiger partial charge in [0.15, 0.2) is 0 Å². The zero-order valence-corrected chi connectivity index (χ0v) is 15.2. The van der Waals surface area contributed by atoms with Gasteiger partial charge in [-0.1, -0.05) is 6.07 Å². The van der Waals surface area contributed by atoms with E-state index < -0.39 is 10.0 Å².